The lowest BCUT2D eigenvalue weighted by atomic mass is 10.1. The lowest BCUT2D eigenvalue weighted by molar-refractivity contribution is -0.0510. The van der Waals surface area contributed by atoms with E-state index in [0.29, 0.717) is 6.61 Å². The van der Waals surface area contributed by atoms with Crippen molar-refractivity contribution >= 4 is 10.1 Å². The molecule has 0 spiro atoms. The van der Waals surface area contributed by atoms with E-state index in [2.05, 4.69) is 13.8 Å². The summed E-state index contributed by atoms with van der Waals surface area (Å²) in [5, 5.41) is 8.43. The summed E-state index contributed by atoms with van der Waals surface area (Å²) in [6.07, 6.45) is 4.75. The maximum atomic E-state index is 10.7. The molecule has 0 aliphatic heterocycles. The van der Waals surface area contributed by atoms with Crippen LogP contribution in [0.15, 0.2) is 0 Å². The number of aliphatic hydroxyl groups excluding tert-OH is 1. The van der Waals surface area contributed by atoms with Gasteiger partial charge in [0.15, 0.2) is 0 Å². The Labute approximate surface area is 99.6 Å². The Balaban J connectivity index is 0. The first kappa shape index (κ1) is 19.0. The Morgan fingerprint density at radius 2 is 1.53 bits per heavy atom. The van der Waals surface area contributed by atoms with Crippen molar-refractivity contribution in [3.05, 3.63) is 0 Å². The second-order valence-electron chi connectivity index (χ2n) is 3.89. The molecule has 0 bridgehead atoms. The number of rotatable bonds is 5. The Kier molecular flexibility index (Phi) is 9.74. The molecule has 0 saturated carbocycles. The number of halogens is 3. The first-order valence-electron chi connectivity index (χ1n) is 5.17. The topological polar surface area (TPSA) is 74.6 Å². The normalized spacial score (nSPS) is 12.2. The van der Waals surface area contributed by atoms with Crippen LogP contribution in [0.25, 0.3) is 0 Å². The summed E-state index contributed by atoms with van der Waals surface area (Å²) in [6, 6.07) is 0. The molecule has 0 unspecified atom stereocenters. The van der Waals surface area contributed by atoms with E-state index in [-0.39, 0.29) is 0 Å². The number of unbranched alkanes of at least 4 members (excludes halogenated alkanes) is 2. The van der Waals surface area contributed by atoms with Gasteiger partial charge in [-0.15, -0.1) is 0 Å². The quantitative estimate of drug-likeness (QED) is 0.461. The molecule has 4 nitrogen and oxygen atoms in total. The SMILES string of the molecule is CC(C)CCCCCO.O=S(=O)(O)C(F)(F)F. The van der Waals surface area contributed by atoms with Gasteiger partial charge in [0.05, 0.1) is 0 Å². The molecular weight excluding hydrogens is 261 g/mol. The molecule has 0 radical (unpaired) electrons. The third kappa shape index (κ3) is 13.6. The van der Waals surface area contributed by atoms with Gasteiger partial charge >= 0.3 is 15.6 Å². The van der Waals surface area contributed by atoms with E-state index in [1.165, 1.54) is 19.3 Å². The van der Waals surface area contributed by atoms with Crippen molar-refractivity contribution in [2.75, 3.05) is 6.61 Å². The predicted molar refractivity (Wildman–Crippen MR) is 58.0 cm³/mol. The molecule has 106 valence electrons. The first-order chi connectivity index (χ1) is 7.52. The Hall–Kier alpha value is -0.340. The highest BCUT2D eigenvalue weighted by atomic mass is 32.2. The van der Waals surface area contributed by atoms with Gasteiger partial charge in [-0.2, -0.15) is 21.6 Å². The van der Waals surface area contributed by atoms with Crippen molar-refractivity contribution in [3.63, 3.8) is 0 Å². The van der Waals surface area contributed by atoms with E-state index in [9.17, 15) is 13.2 Å². The highest BCUT2D eigenvalue weighted by Gasteiger charge is 2.44. The molecule has 0 amide bonds. The molecule has 0 heterocycles. The van der Waals surface area contributed by atoms with Gasteiger partial charge in [-0.1, -0.05) is 33.1 Å². The van der Waals surface area contributed by atoms with E-state index in [4.69, 9.17) is 18.1 Å². The molecule has 0 atom stereocenters. The van der Waals surface area contributed by atoms with E-state index >= 15 is 0 Å². The van der Waals surface area contributed by atoms with Gasteiger partial charge in [0.1, 0.15) is 0 Å². The number of alkyl halides is 3. The molecule has 0 aromatic heterocycles. The number of hydrogen-bond acceptors (Lipinski definition) is 3. The fourth-order valence-corrected chi connectivity index (χ4v) is 0.841. The molecule has 0 aliphatic carbocycles. The number of hydrogen-bond donors (Lipinski definition) is 2. The molecule has 0 fully saturated rings. The average Bonchev–Trinajstić information content (AvgIpc) is 2.10. The second kappa shape index (κ2) is 8.71. The van der Waals surface area contributed by atoms with Gasteiger partial charge < -0.3 is 5.11 Å². The van der Waals surface area contributed by atoms with E-state index in [1.807, 2.05) is 0 Å². The van der Waals surface area contributed by atoms with E-state index in [1.54, 1.807) is 0 Å². The van der Waals surface area contributed by atoms with Gasteiger partial charge in [-0.05, 0) is 12.3 Å². The van der Waals surface area contributed by atoms with Crippen LogP contribution in [0.5, 0.6) is 0 Å². The van der Waals surface area contributed by atoms with E-state index < -0.39 is 15.6 Å². The van der Waals surface area contributed by atoms with Crippen LogP contribution in [0.4, 0.5) is 13.2 Å². The van der Waals surface area contributed by atoms with Gasteiger partial charge in [-0.3, -0.25) is 4.55 Å². The van der Waals surface area contributed by atoms with Crippen LogP contribution in [0.1, 0.15) is 39.5 Å². The molecule has 2 N–H and O–H groups in total. The van der Waals surface area contributed by atoms with Gasteiger partial charge in [0.2, 0.25) is 0 Å². The first-order valence-corrected chi connectivity index (χ1v) is 6.61. The van der Waals surface area contributed by atoms with Crippen molar-refractivity contribution in [1.29, 1.82) is 0 Å². The molecule has 0 aromatic rings. The van der Waals surface area contributed by atoms with Crippen molar-refractivity contribution < 1.29 is 31.2 Å². The summed E-state index contributed by atoms with van der Waals surface area (Å²) >= 11 is 0. The highest BCUT2D eigenvalue weighted by Crippen LogP contribution is 2.20. The minimum atomic E-state index is -5.84. The minimum absolute atomic E-state index is 0.359. The zero-order valence-electron chi connectivity index (χ0n) is 9.87. The fraction of sp³-hybridized carbons (Fsp3) is 1.00. The standard InChI is InChI=1S/C8H18O.CHF3O3S/c1-8(2)6-4-3-5-7-9;2-1(3,4)8(5,6)7/h8-9H,3-7H2,1-2H3;(H,5,6,7). The second-order valence-corrected chi connectivity index (χ2v) is 5.30. The molecule has 0 aromatic carbocycles. The predicted octanol–water partition coefficient (Wildman–Crippen LogP) is 2.59. The van der Waals surface area contributed by atoms with Crippen LogP contribution in [-0.4, -0.2) is 30.2 Å². The smallest absolute Gasteiger partial charge is 0.396 e. The van der Waals surface area contributed by atoms with Crippen LogP contribution in [0.2, 0.25) is 0 Å². The van der Waals surface area contributed by atoms with Crippen LogP contribution in [0.3, 0.4) is 0 Å². The molecule has 0 saturated heterocycles. The van der Waals surface area contributed by atoms with Crippen molar-refractivity contribution in [1.82, 2.24) is 0 Å². The van der Waals surface area contributed by atoms with E-state index in [0.717, 1.165) is 12.3 Å². The van der Waals surface area contributed by atoms with Crippen molar-refractivity contribution in [2.45, 2.75) is 45.0 Å². The van der Waals surface area contributed by atoms with Crippen LogP contribution < -0.4 is 0 Å². The highest BCUT2D eigenvalue weighted by molar-refractivity contribution is 7.86. The lowest BCUT2D eigenvalue weighted by Gasteiger charge is -2.01. The number of aliphatic hydroxyl groups is 1. The van der Waals surface area contributed by atoms with Gasteiger partial charge in [-0.25, -0.2) is 0 Å². The summed E-state index contributed by atoms with van der Waals surface area (Å²) < 4.78 is 57.5. The summed E-state index contributed by atoms with van der Waals surface area (Å²) in [7, 11) is -5.84. The third-order valence-corrected chi connectivity index (χ3v) is 2.32. The molecular formula is C9H19F3O4S. The molecule has 0 aliphatic rings. The molecule has 0 rings (SSSR count). The third-order valence-electron chi connectivity index (χ3n) is 1.73. The monoisotopic (exact) mass is 280 g/mol. The zero-order chi connectivity index (χ0) is 14.1. The Morgan fingerprint density at radius 1 is 1.12 bits per heavy atom. The maximum Gasteiger partial charge on any atom is 0.522 e. The molecule has 17 heavy (non-hydrogen) atoms. The Morgan fingerprint density at radius 3 is 1.76 bits per heavy atom. The van der Waals surface area contributed by atoms with Crippen LogP contribution in [0, 0.1) is 5.92 Å². The maximum absolute atomic E-state index is 10.7. The van der Waals surface area contributed by atoms with Crippen molar-refractivity contribution in [3.8, 4) is 0 Å². The zero-order valence-corrected chi connectivity index (χ0v) is 10.7. The fourth-order valence-electron chi connectivity index (χ4n) is 0.841. The Bertz CT molecular complexity index is 272. The summed E-state index contributed by atoms with van der Waals surface area (Å²) in [6.45, 7) is 4.83. The summed E-state index contributed by atoms with van der Waals surface area (Å²) in [5.74, 6) is 0.823. The summed E-state index contributed by atoms with van der Waals surface area (Å²) in [5.41, 5.74) is -5.53. The average molecular weight is 280 g/mol. The van der Waals surface area contributed by atoms with Gasteiger partial charge in [0, 0.05) is 6.61 Å². The molecule has 8 heteroatoms. The van der Waals surface area contributed by atoms with Gasteiger partial charge in [0.25, 0.3) is 0 Å². The largest absolute Gasteiger partial charge is 0.522 e. The van der Waals surface area contributed by atoms with Crippen molar-refractivity contribution in [2.24, 2.45) is 5.92 Å². The van der Waals surface area contributed by atoms with Crippen LogP contribution in [-0.2, 0) is 10.1 Å². The minimum Gasteiger partial charge on any atom is -0.396 e. The lowest BCUT2D eigenvalue weighted by Crippen LogP contribution is -2.21. The summed E-state index contributed by atoms with van der Waals surface area (Å²) in [4.78, 5) is 0. The van der Waals surface area contributed by atoms with Crippen LogP contribution >= 0.6 is 0 Å².